The smallest absolute Gasteiger partial charge is 0.246 e. The molecular formula is C18H28IN5O3. The van der Waals surface area contributed by atoms with Gasteiger partial charge in [0.25, 0.3) is 0 Å². The van der Waals surface area contributed by atoms with E-state index in [1.807, 2.05) is 50.1 Å². The monoisotopic (exact) mass is 489 g/mol. The standard InChI is InChI=1S/C18H27N5O3.HI/c1-6-25-13(2)17-21-16(26-22-17)11-20-18(19-3)23(4)12-14-7-9-15(24-5)10-8-14;/h7-10,13H,6,11-12H2,1-5H3,(H,19,20);1H. The lowest BCUT2D eigenvalue weighted by molar-refractivity contribution is 0.0683. The first-order chi connectivity index (χ1) is 12.6. The van der Waals surface area contributed by atoms with Gasteiger partial charge in [0, 0.05) is 27.2 Å². The van der Waals surface area contributed by atoms with Crippen LogP contribution in [-0.2, 0) is 17.8 Å². The Kier molecular flexibility index (Phi) is 10.1. The van der Waals surface area contributed by atoms with E-state index in [1.165, 1.54) is 0 Å². The lowest BCUT2D eigenvalue weighted by Crippen LogP contribution is -2.38. The third-order valence-electron chi connectivity index (χ3n) is 3.81. The molecule has 9 heteroatoms. The number of hydrogen-bond acceptors (Lipinski definition) is 6. The summed E-state index contributed by atoms with van der Waals surface area (Å²) in [7, 11) is 5.37. The number of nitrogens with zero attached hydrogens (tertiary/aromatic N) is 4. The maximum Gasteiger partial charge on any atom is 0.246 e. The summed E-state index contributed by atoms with van der Waals surface area (Å²) in [5, 5.41) is 7.18. The van der Waals surface area contributed by atoms with Gasteiger partial charge in [-0.3, -0.25) is 4.99 Å². The van der Waals surface area contributed by atoms with Gasteiger partial charge >= 0.3 is 0 Å². The Morgan fingerprint density at radius 3 is 2.63 bits per heavy atom. The van der Waals surface area contributed by atoms with Crippen molar-refractivity contribution in [2.45, 2.75) is 33.0 Å². The Hall–Kier alpha value is -1.88. The minimum Gasteiger partial charge on any atom is -0.497 e. The van der Waals surface area contributed by atoms with Crippen molar-refractivity contribution in [2.24, 2.45) is 4.99 Å². The molecule has 1 aromatic heterocycles. The van der Waals surface area contributed by atoms with Crippen molar-refractivity contribution in [2.75, 3.05) is 27.8 Å². The van der Waals surface area contributed by atoms with Crippen LogP contribution in [0.2, 0.25) is 0 Å². The summed E-state index contributed by atoms with van der Waals surface area (Å²) in [6, 6.07) is 7.95. The summed E-state index contributed by atoms with van der Waals surface area (Å²) in [4.78, 5) is 10.7. The average Bonchev–Trinajstić information content (AvgIpc) is 3.12. The van der Waals surface area contributed by atoms with Crippen LogP contribution in [-0.4, -0.2) is 48.8 Å². The summed E-state index contributed by atoms with van der Waals surface area (Å²) in [5.41, 5.74) is 1.15. The lowest BCUT2D eigenvalue weighted by Gasteiger charge is -2.21. The summed E-state index contributed by atoms with van der Waals surface area (Å²) >= 11 is 0. The first-order valence-corrected chi connectivity index (χ1v) is 8.56. The fraction of sp³-hybridized carbons (Fsp3) is 0.500. The predicted molar refractivity (Wildman–Crippen MR) is 114 cm³/mol. The molecule has 0 aliphatic rings. The molecule has 0 spiro atoms. The van der Waals surface area contributed by atoms with E-state index in [-0.39, 0.29) is 30.1 Å². The third-order valence-corrected chi connectivity index (χ3v) is 3.81. The number of ether oxygens (including phenoxy) is 2. The number of aromatic nitrogens is 2. The Balaban J connectivity index is 0.00000364. The number of hydrogen-bond donors (Lipinski definition) is 1. The van der Waals surface area contributed by atoms with E-state index in [2.05, 4.69) is 20.4 Å². The zero-order valence-electron chi connectivity index (χ0n) is 16.4. The summed E-state index contributed by atoms with van der Waals surface area (Å²) in [6.45, 7) is 5.53. The van der Waals surface area contributed by atoms with E-state index in [1.54, 1.807) is 14.2 Å². The highest BCUT2D eigenvalue weighted by Gasteiger charge is 2.14. The quantitative estimate of drug-likeness (QED) is 0.347. The topological polar surface area (TPSA) is 85.0 Å². The van der Waals surface area contributed by atoms with Gasteiger partial charge in [-0.05, 0) is 31.5 Å². The molecule has 0 radical (unpaired) electrons. The molecule has 1 aromatic carbocycles. The number of nitrogens with one attached hydrogen (secondary N) is 1. The van der Waals surface area contributed by atoms with Gasteiger partial charge in [-0.15, -0.1) is 24.0 Å². The van der Waals surface area contributed by atoms with Crippen LogP contribution in [0.25, 0.3) is 0 Å². The molecule has 0 amide bonds. The van der Waals surface area contributed by atoms with Crippen molar-refractivity contribution in [1.82, 2.24) is 20.4 Å². The SMILES string of the molecule is CCOC(C)c1noc(CNC(=NC)N(C)Cc2ccc(OC)cc2)n1.I. The third kappa shape index (κ3) is 6.98. The van der Waals surface area contributed by atoms with Crippen molar-refractivity contribution >= 4 is 29.9 Å². The summed E-state index contributed by atoms with van der Waals surface area (Å²) in [6.07, 6.45) is -0.186. The lowest BCUT2D eigenvalue weighted by atomic mass is 10.2. The first kappa shape index (κ1) is 23.2. The molecule has 0 aliphatic heterocycles. The second-order valence-corrected chi connectivity index (χ2v) is 5.75. The fourth-order valence-corrected chi connectivity index (χ4v) is 2.45. The number of aliphatic imine (C=N–C) groups is 1. The van der Waals surface area contributed by atoms with Gasteiger partial charge in [0.05, 0.1) is 13.7 Å². The molecule has 0 saturated carbocycles. The number of benzene rings is 1. The normalized spacial score (nSPS) is 12.3. The van der Waals surface area contributed by atoms with Gasteiger partial charge in [-0.25, -0.2) is 0 Å². The van der Waals surface area contributed by atoms with Crippen molar-refractivity contribution in [3.63, 3.8) is 0 Å². The zero-order valence-corrected chi connectivity index (χ0v) is 18.8. The van der Waals surface area contributed by atoms with Crippen LogP contribution in [0.5, 0.6) is 5.75 Å². The number of rotatable bonds is 8. The predicted octanol–water partition coefficient (Wildman–Crippen LogP) is 3.00. The minimum absolute atomic E-state index is 0. The molecule has 2 rings (SSSR count). The van der Waals surface area contributed by atoms with Crippen LogP contribution in [0, 0.1) is 0 Å². The number of guanidine groups is 1. The Bertz CT molecular complexity index is 705. The first-order valence-electron chi connectivity index (χ1n) is 8.56. The van der Waals surface area contributed by atoms with E-state index >= 15 is 0 Å². The maximum absolute atomic E-state index is 5.46. The van der Waals surface area contributed by atoms with Gasteiger partial charge in [-0.1, -0.05) is 17.3 Å². The molecule has 2 aromatic rings. The van der Waals surface area contributed by atoms with Crippen LogP contribution < -0.4 is 10.1 Å². The highest BCUT2D eigenvalue weighted by molar-refractivity contribution is 14.0. The molecule has 1 heterocycles. The zero-order chi connectivity index (χ0) is 18.9. The molecule has 0 aliphatic carbocycles. The van der Waals surface area contributed by atoms with Crippen LogP contribution in [0.15, 0.2) is 33.8 Å². The molecule has 8 nitrogen and oxygen atoms in total. The Morgan fingerprint density at radius 1 is 1.33 bits per heavy atom. The van der Waals surface area contributed by atoms with Gasteiger partial charge in [0.2, 0.25) is 5.89 Å². The second kappa shape index (κ2) is 11.8. The molecule has 0 saturated heterocycles. The van der Waals surface area contributed by atoms with Gasteiger partial charge in [0.15, 0.2) is 11.8 Å². The largest absolute Gasteiger partial charge is 0.497 e. The Morgan fingerprint density at radius 2 is 2.04 bits per heavy atom. The molecular weight excluding hydrogens is 461 g/mol. The van der Waals surface area contributed by atoms with Gasteiger partial charge in [-0.2, -0.15) is 4.98 Å². The highest BCUT2D eigenvalue weighted by Crippen LogP contribution is 2.14. The van der Waals surface area contributed by atoms with Crippen molar-refractivity contribution in [1.29, 1.82) is 0 Å². The van der Waals surface area contributed by atoms with Gasteiger partial charge < -0.3 is 24.2 Å². The maximum atomic E-state index is 5.46. The fourth-order valence-electron chi connectivity index (χ4n) is 2.45. The molecule has 1 N–H and O–H groups in total. The van der Waals surface area contributed by atoms with Crippen molar-refractivity contribution in [3.8, 4) is 5.75 Å². The minimum atomic E-state index is -0.186. The van der Waals surface area contributed by atoms with E-state index in [9.17, 15) is 0 Å². The number of halogens is 1. The van der Waals surface area contributed by atoms with Crippen LogP contribution in [0.3, 0.4) is 0 Å². The van der Waals surface area contributed by atoms with Gasteiger partial charge in [0.1, 0.15) is 11.9 Å². The van der Waals surface area contributed by atoms with E-state index in [4.69, 9.17) is 14.0 Å². The Labute approximate surface area is 177 Å². The second-order valence-electron chi connectivity index (χ2n) is 5.75. The molecule has 0 fully saturated rings. The average molecular weight is 489 g/mol. The highest BCUT2D eigenvalue weighted by atomic mass is 127. The van der Waals surface area contributed by atoms with Crippen LogP contribution in [0.4, 0.5) is 0 Å². The molecule has 150 valence electrons. The van der Waals surface area contributed by atoms with Crippen LogP contribution in [0.1, 0.15) is 37.2 Å². The van der Waals surface area contributed by atoms with Crippen LogP contribution >= 0.6 is 24.0 Å². The van der Waals surface area contributed by atoms with E-state index < -0.39 is 0 Å². The van der Waals surface area contributed by atoms with Crippen molar-refractivity contribution < 1.29 is 14.0 Å². The molecule has 1 unspecified atom stereocenters. The summed E-state index contributed by atoms with van der Waals surface area (Å²) < 4.78 is 15.9. The molecule has 1 atom stereocenters. The summed E-state index contributed by atoms with van der Waals surface area (Å²) in [5.74, 6) is 2.61. The molecule has 0 bridgehead atoms. The molecule has 27 heavy (non-hydrogen) atoms. The van der Waals surface area contributed by atoms with Crippen molar-refractivity contribution in [3.05, 3.63) is 41.5 Å². The van der Waals surface area contributed by atoms with E-state index in [0.717, 1.165) is 17.3 Å². The van der Waals surface area contributed by atoms with E-state index in [0.29, 0.717) is 31.4 Å². The number of methoxy groups -OCH3 is 1.